The molecular weight excluding hydrogens is 472 g/mol. The molecule has 1 fully saturated rings. The lowest BCUT2D eigenvalue weighted by Crippen LogP contribution is -2.45. The van der Waals surface area contributed by atoms with Gasteiger partial charge in [0, 0.05) is 43.5 Å². The Morgan fingerprint density at radius 2 is 1.79 bits per heavy atom. The highest BCUT2D eigenvalue weighted by Gasteiger charge is 2.27. The van der Waals surface area contributed by atoms with E-state index >= 15 is 0 Å². The quantitative estimate of drug-likeness (QED) is 0.462. The Kier molecular flexibility index (Phi) is 7.75. The van der Waals surface area contributed by atoms with Crippen LogP contribution in [-0.4, -0.2) is 60.4 Å². The molecule has 2 aromatic carbocycles. The van der Waals surface area contributed by atoms with Crippen molar-refractivity contribution >= 4 is 33.3 Å². The first-order valence-corrected chi connectivity index (χ1v) is 13.9. The van der Waals surface area contributed by atoms with Gasteiger partial charge >= 0.3 is 0 Å². The monoisotopic (exact) mass is 502 g/mol. The van der Waals surface area contributed by atoms with Crippen LogP contribution in [0, 0.1) is 0 Å². The average molecular weight is 503 g/mol. The molecule has 0 amide bonds. The van der Waals surface area contributed by atoms with Gasteiger partial charge in [-0.05, 0) is 48.1 Å². The molecule has 1 saturated heterocycles. The van der Waals surface area contributed by atoms with Gasteiger partial charge in [0.05, 0.1) is 5.75 Å². The zero-order chi connectivity index (χ0) is 24.1. The number of rotatable bonds is 9. The molecule has 8 nitrogen and oxygen atoms in total. The predicted octanol–water partition coefficient (Wildman–Crippen LogP) is 3.30. The second-order valence-electron chi connectivity index (χ2n) is 8.92. The van der Waals surface area contributed by atoms with Crippen LogP contribution in [0.3, 0.4) is 0 Å². The number of aromatic amines is 1. The van der Waals surface area contributed by atoms with Crippen LogP contribution < -0.4 is 10.6 Å². The number of nitrogens with two attached hydrogens (primary N) is 1. The minimum Gasteiger partial charge on any atom is -0.368 e. The molecule has 10 heteroatoms. The zero-order valence-corrected chi connectivity index (χ0v) is 20.9. The van der Waals surface area contributed by atoms with Gasteiger partial charge in [-0.15, -0.1) is 5.10 Å². The molecule has 1 aromatic heterocycles. The van der Waals surface area contributed by atoms with Gasteiger partial charge in [0.25, 0.3) is 0 Å². The summed E-state index contributed by atoms with van der Waals surface area (Å²) < 4.78 is 24.0. The Bertz CT molecular complexity index is 1190. The summed E-state index contributed by atoms with van der Waals surface area (Å²) in [7, 11) is -3.12. The van der Waals surface area contributed by atoms with Crippen LogP contribution in [0.15, 0.2) is 48.5 Å². The number of nitrogen functional groups attached to an aromatic ring is 1. The molecule has 0 radical (unpaired) electrons. The van der Waals surface area contributed by atoms with E-state index in [9.17, 15) is 8.42 Å². The standard InChI is InChI=1S/C24H31ClN6O2S/c1-34(32,33)17-20-5-3-2-4-19(20)16-31(13-10-18-6-8-21(25)9-7-18)22-11-14-30(15-12-22)24-27-23(26)28-29-24/h2-9,22H,10-17H2,1H3,(H3,26,27,28,29). The second-order valence-corrected chi connectivity index (χ2v) is 11.5. The summed E-state index contributed by atoms with van der Waals surface area (Å²) in [5.74, 6) is 1.02. The van der Waals surface area contributed by atoms with E-state index in [4.69, 9.17) is 17.3 Å². The largest absolute Gasteiger partial charge is 0.368 e. The van der Waals surface area contributed by atoms with Crippen molar-refractivity contribution in [3.63, 3.8) is 0 Å². The summed E-state index contributed by atoms with van der Waals surface area (Å²) in [6.45, 7) is 3.25. The van der Waals surface area contributed by atoms with Crippen molar-refractivity contribution in [1.29, 1.82) is 0 Å². The average Bonchev–Trinajstić information content (AvgIpc) is 3.24. The van der Waals surface area contributed by atoms with E-state index in [0.717, 1.165) is 55.0 Å². The van der Waals surface area contributed by atoms with Crippen molar-refractivity contribution in [3.8, 4) is 0 Å². The van der Waals surface area contributed by atoms with E-state index in [1.165, 1.54) is 11.8 Å². The molecular formula is C24H31ClN6O2S. The van der Waals surface area contributed by atoms with Crippen LogP contribution in [0.2, 0.25) is 5.02 Å². The highest BCUT2D eigenvalue weighted by molar-refractivity contribution is 7.89. The number of anilines is 2. The highest BCUT2D eigenvalue weighted by Crippen LogP contribution is 2.24. The summed E-state index contributed by atoms with van der Waals surface area (Å²) in [5, 5.41) is 7.63. The SMILES string of the molecule is CS(=O)(=O)Cc1ccccc1CN(CCc1ccc(Cl)cc1)C1CCN(c2n[nH]c(N)n2)CC1. The van der Waals surface area contributed by atoms with Gasteiger partial charge in [-0.3, -0.25) is 4.90 Å². The second kappa shape index (κ2) is 10.8. The molecule has 0 aliphatic carbocycles. The minimum atomic E-state index is -3.12. The molecule has 0 unspecified atom stereocenters. The van der Waals surface area contributed by atoms with Crippen LogP contribution in [0.5, 0.6) is 0 Å². The predicted molar refractivity (Wildman–Crippen MR) is 137 cm³/mol. The Morgan fingerprint density at radius 1 is 1.12 bits per heavy atom. The maximum Gasteiger partial charge on any atom is 0.246 e. The fraction of sp³-hybridized carbons (Fsp3) is 0.417. The lowest BCUT2D eigenvalue weighted by molar-refractivity contribution is 0.161. The van der Waals surface area contributed by atoms with Gasteiger partial charge in [0.15, 0.2) is 9.84 Å². The van der Waals surface area contributed by atoms with E-state index in [1.807, 2.05) is 36.4 Å². The Labute approximate surface area is 206 Å². The number of hydrogen-bond donors (Lipinski definition) is 2. The molecule has 1 aliphatic heterocycles. The van der Waals surface area contributed by atoms with Gasteiger partial charge in [-0.1, -0.05) is 48.0 Å². The number of benzene rings is 2. The maximum atomic E-state index is 12.0. The Morgan fingerprint density at radius 3 is 2.41 bits per heavy atom. The number of halogens is 1. The first-order chi connectivity index (χ1) is 16.3. The minimum absolute atomic E-state index is 0.0545. The Balaban J connectivity index is 1.50. The van der Waals surface area contributed by atoms with Crippen LogP contribution in [0.25, 0.3) is 0 Å². The fourth-order valence-electron chi connectivity index (χ4n) is 4.51. The van der Waals surface area contributed by atoms with Gasteiger partial charge in [-0.2, -0.15) is 4.98 Å². The van der Waals surface area contributed by atoms with E-state index < -0.39 is 9.84 Å². The zero-order valence-electron chi connectivity index (χ0n) is 19.3. The third-order valence-electron chi connectivity index (χ3n) is 6.27. The molecule has 3 N–H and O–H groups in total. The topological polar surface area (TPSA) is 108 Å². The molecule has 34 heavy (non-hydrogen) atoms. The van der Waals surface area contributed by atoms with Crippen molar-refractivity contribution in [1.82, 2.24) is 20.1 Å². The van der Waals surface area contributed by atoms with Crippen molar-refractivity contribution in [2.24, 2.45) is 0 Å². The van der Waals surface area contributed by atoms with Crippen molar-refractivity contribution < 1.29 is 8.42 Å². The van der Waals surface area contributed by atoms with Crippen LogP contribution >= 0.6 is 11.6 Å². The molecule has 0 bridgehead atoms. The van der Waals surface area contributed by atoms with E-state index in [2.05, 4.69) is 37.1 Å². The van der Waals surface area contributed by atoms with Crippen molar-refractivity contribution in [3.05, 3.63) is 70.2 Å². The third kappa shape index (κ3) is 6.71. The van der Waals surface area contributed by atoms with Gasteiger partial charge < -0.3 is 10.6 Å². The number of piperidine rings is 1. The first-order valence-electron chi connectivity index (χ1n) is 11.4. The molecule has 0 saturated carbocycles. The molecule has 0 spiro atoms. The molecule has 4 rings (SSSR count). The van der Waals surface area contributed by atoms with Gasteiger partial charge in [0.2, 0.25) is 11.9 Å². The Hall–Kier alpha value is -2.62. The number of sulfone groups is 1. The molecule has 182 valence electrons. The number of nitrogens with zero attached hydrogens (tertiary/aromatic N) is 4. The van der Waals surface area contributed by atoms with E-state index in [0.29, 0.717) is 24.5 Å². The molecule has 0 atom stereocenters. The number of nitrogens with one attached hydrogen (secondary N) is 1. The van der Waals surface area contributed by atoms with Crippen molar-refractivity contribution in [2.75, 3.05) is 36.5 Å². The molecule has 1 aliphatic rings. The van der Waals surface area contributed by atoms with E-state index in [1.54, 1.807) is 0 Å². The molecule has 3 aromatic rings. The van der Waals surface area contributed by atoms with Gasteiger partial charge in [0.1, 0.15) is 0 Å². The normalized spacial score (nSPS) is 15.2. The van der Waals surface area contributed by atoms with Crippen molar-refractivity contribution in [2.45, 2.75) is 37.6 Å². The maximum absolute atomic E-state index is 12.0. The summed E-state index contributed by atoms with van der Waals surface area (Å²) in [5.41, 5.74) is 8.86. The summed E-state index contributed by atoms with van der Waals surface area (Å²) in [6.07, 6.45) is 4.10. The summed E-state index contributed by atoms with van der Waals surface area (Å²) in [4.78, 5) is 8.89. The lowest BCUT2D eigenvalue weighted by atomic mass is 10.00. The number of hydrogen-bond acceptors (Lipinski definition) is 7. The van der Waals surface area contributed by atoms with Crippen LogP contribution in [0.1, 0.15) is 29.5 Å². The summed E-state index contributed by atoms with van der Waals surface area (Å²) >= 11 is 6.05. The van der Waals surface area contributed by atoms with E-state index in [-0.39, 0.29) is 5.75 Å². The van der Waals surface area contributed by atoms with Gasteiger partial charge in [-0.25, -0.2) is 13.5 Å². The van der Waals surface area contributed by atoms with Crippen LogP contribution in [0.4, 0.5) is 11.9 Å². The number of aromatic nitrogens is 3. The lowest BCUT2D eigenvalue weighted by Gasteiger charge is -2.38. The smallest absolute Gasteiger partial charge is 0.246 e. The number of H-pyrrole nitrogens is 1. The molecule has 2 heterocycles. The highest BCUT2D eigenvalue weighted by atomic mass is 35.5. The van der Waals surface area contributed by atoms with Crippen LogP contribution in [-0.2, 0) is 28.6 Å². The fourth-order valence-corrected chi connectivity index (χ4v) is 5.48. The first kappa shape index (κ1) is 24.5. The summed E-state index contributed by atoms with van der Waals surface area (Å²) in [6, 6.07) is 16.2. The third-order valence-corrected chi connectivity index (χ3v) is 7.35.